The van der Waals surface area contributed by atoms with Gasteiger partial charge in [-0.05, 0) is 29.8 Å². The molecule has 2 N–H and O–H groups in total. The van der Waals surface area contributed by atoms with E-state index in [2.05, 4.69) is 10.6 Å². The van der Waals surface area contributed by atoms with Gasteiger partial charge in [0.2, 0.25) is 0 Å². The van der Waals surface area contributed by atoms with Crippen molar-refractivity contribution in [2.45, 2.75) is 6.10 Å². The molecule has 4 nitrogen and oxygen atoms in total. The number of methoxy groups -OCH3 is 1. The number of halogens is 1. The van der Waals surface area contributed by atoms with Gasteiger partial charge in [-0.15, -0.1) is 0 Å². The van der Waals surface area contributed by atoms with E-state index in [0.29, 0.717) is 11.3 Å². The van der Waals surface area contributed by atoms with Gasteiger partial charge in [-0.3, -0.25) is 0 Å². The summed E-state index contributed by atoms with van der Waals surface area (Å²) in [6.45, 7) is 0.249. The Hall–Kier alpha value is -2.40. The summed E-state index contributed by atoms with van der Waals surface area (Å²) in [5.41, 5.74) is 1.38. The SMILES string of the molecule is COC(CNC(=O)Nc1ccccc1)c1cccc(F)c1. The molecule has 0 spiro atoms. The van der Waals surface area contributed by atoms with E-state index in [1.54, 1.807) is 24.3 Å². The van der Waals surface area contributed by atoms with E-state index in [9.17, 15) is 9.18 Å². The van der Waals surface area contributed by atoms with Gasteiger partial charge in [0.25, 0.3) is 0 Å². The molecule has 2 aromatic rings. The summed E-state index contributed by atoms with van der Waals surface area (Å²) in [5.74, 6) is -0.330. The normalized spacial score (nSPS) is 11.7. The second kappa shape index (κ2) is 7.40. The average molecular weight is 288 g/mol. The van der Waals surface area contributed by atoms with Crippen LogP contribution in [-0.2, 0) is 4.74 Å². The van der Waals surface area contributed by atoms with E-state index in [-0.39, 0.29) is 18.4 Å². The molecular formula is C16H17FN2O2. The molecule has 0 radical (unpaired) electrons. The summed E-state index contributed by atoms with van der Waals surface area (Å²) >= 11 is 0. The molecule has 0 aliphatic rings. The number of rotatable bonds is 5. The third-order valence-electron chi connectivity index (χ3n) is 2.98. The number of hydrogen-bond acceptors (Lipinski definition) is 2. The fourth-order valence-electron chi connectivity index (χ4n) is 1.93. The number of hydrogen-bond donors (Lipinski definition) is 2. The largest absolute Gasteiger partial charge is 0.375 e. The summed E-state index contributed by atoms with van der Waals surface area (Å²) in [4.78, 5) is 11.8. The van der Waals surface area contributed by atoms with Crippen molar-refractivity contribution in [2.75, 3.05) is 19.0 Å². The first kappa shape index (κ1) is 15.0. The highest BCUT2D eigenvalue weighted by molar-refractivity contribution is 5.89. The van der Waals surface area contributed by atoms with E-state index in [1.807, 2.05) is 18.2 Å². The first-order chi connectivity index (χ1) is 10.2. The van der Waals surface area contributed by atoms with Gasteiger partial charge in [0, 0.05) is 19.3 Å². The zero-order valence-electron chi connectivity index (χ0n) is 11.7. The molecule has 0 aromatic heterocycles. The maximum Gasteiger partial charge on any atom is 0.319 e. The first-order valence-electron chi connectivity index (χ1n) is 6.57. The van der Waals surface area contributed by atoms with Crippen LogP contribution < -0.4 is 10.6 Å². The van der Waals surface area contributed by atoms with Crippen molar-refractivity contribution in [3.8, 4) is 0 Å². The molecule has 2 amide bonds. The lowest BCUT2D eigenvalue weighted by Gasteiger charge is -2.17. The molecule has 2 rings (SSSR count). The van der Waals surface area contributed by atoms with Crippen molar-refractivity contribution in [2.24, 2.45) is 0 Å². The summed E-state index contributed by atoms with van der Waals surface area (Å²) < 4.78 is 18.5. The van der Waals surface area contributed by atoms with Gasteiger partial charge in [0.05, 0.1) is 6.10 Å². The summed E-state index contributed by atoms with van der Waals surface area (Å²) in [6.07, 6.45) is -0.401. The summed E-state index contributed by atoms with van der Waals surface area (Å²) in [5, 5.41) is 5.41. The molecule has 1 atom stereocenters. The highest BCUT2D eigenvalue weighted by Crippen LogP contribution is 2.16. The number of ether oxygens (including phenoxy) is 1. The Labute approximate surface area is 122 Å². The minimum atomic E-state index is -0.401. The van der Waals surface area contributed by atoms with Crippen LogP contribution in [0.5, 0.6) is 0 Å². The first-order valence-corrected chi connectivity index (χ1v) is 6.57. The Morgan fingerprint density at radius 1 is 1.19 bits per heavy atom. The van der Waals surface area contributed by atoms with Crippen LogP contribution in [0.3, 0.4) is 0 Å². The van der Waals surface area contributed by atoms with Crippen molar-refractivity contribution in [1.29, 1.82) is 0 Å². The van der Waals surface area contributed by atoms with Gasteiger partial charge in [-0.2, -0.15) is 0 Å². The lowest BCUT2D eigenvalue weighted by molar-refractivity contribution is 0.104. The maximum atomic E-state index is 13.2. The lowest BCUT2D eigenvalue weighted by atomic mass is 10.1. The summed E-state index contributed by atoms with van der Waals surface area (Å²) in [6, 6.07) is 14.9. The maximum absolute atomic E-state index is 13.2. The van der Waals surface area contributed by atoms with Crippen molar-refractivity contribution >= 4 is 11.7 Å². The number of anilines is 1. The molecule has 0 saturated heterocycles. The van der Waals surface area contributed by atoms with Crippen molar-refractivity contribution in [3.63, 3.8) is 0 Å². The molecule has 5 heteroatoms. The monoisotopic (exact) mass is 288 g/mol. The highest BCUT2D eigenvalue weighted by atomic mass is 19.1. The quantitative estimate of drug-likeness (QED) is 0.886. The van der Waals surface area contributed by atoms with Crippen LogP contribution in [0.25, 0.3) is 0 Å². The highest BCUT2D eigenvalue weighted by Gasteiger charge is 2.12. The zero-order chi connectivity index (χ0) is 15.1. The Kier molecular flexibility index (Phi) is 5.29. The molecule has 0 bridgehead atoms. The standard InChI is InChI=1S/C16H17FN2O2/c1-21-15(12-6-5-7-13(17)10-12)11-18-16(20)19-14-8-3-2-4-9-14/h2-10,15H,11H2,1H3,(H2,18,19,20). The Bertz CT molecular complexity index is 590. The van der Waals surface area contributed by atoms with E-state index in [1.165, 1.54) is 19.2 Å². The van der Waals surface area contributed by atoms with Gasteiger partial charge >= 0.3 is 6.03 Å². The lowest BCUT2D eigenvalue weighted by Crippen LogP contribution is -2.32. The molecule has 0 fully saturated rings. The van der Waals surface area contributed by atoms with Crippen LogP contribution in [0, 0.1) is 5.82 Å². The summed E-state index contributed by atoms with van der Waals surface area (Å²) in [7, 11) is 1.52. The fraction of sp³-hybridized carbons (Fsp3) is 0.188. The van der Waals surface area contributed by atoms with Gasteiger partial charge in [-0.25, -0.2) is 9.18 Å². The van der Waals surface area contributed by atoms with Gasteiger partial charge in [-0.1, -0.05) is 30.3 Å². The topological polar surface area (TPSA) is 50.4 Å². The van der Waals surface area contributed by atoms with E-state index in [0.717, 1.165) is 0 Å². The number of nitrogens with one attached hydrogen (secondary N) is 2. The van der Waals surface area contributed by atoms with Crippen LogP contribution in [-0.4, -0.2) is 19.7 Å². The molecule has 110 valence electrons. The van der Waals surface area contributed by atoms with E-state index >= 15 is 0 Å². The minimum absolute atomic E-state index is 0.249. The second-order valence-corrected chi connectivity index (χ2v) is 4.48. The molecule has 0 heterocycles. The number of para-hydroxylation sites is 1. The van der Waals surface area contributed by atoms with Gasteiger partial charge in [0.1, 0.15) is 5.82 Å². The average Bonchev–Trinajstić information content (AvgIpc) is 2.49. The number of carbonyl (C=O) groups is 1. The number of benzene rings is 2. The number of carbonyl (C=O) groups excluding carboxylic acids is 1. The van der Waals surface area contributed by atoms with E-state index in [4.69, 9.17) is 4.74 Å². The van der Waals surface area contributed by atoms with Crippen molar-refractivity contribution in [3.05, 3.63) is 66.0 Å². The Balaban J connectivity index is 1.90. The van der Waals surface area contributed by atoms with Crippen LogP contribution in [0.15, 0.2) is 54.6 Å². The predicted octanol–water partition coefficient (Wildman–Crippen LogP) is 3.33. The van der Waals surface area contributed by atoms with Crippen LogP contribution in [0.1, 0.15) is 11.7 Å². The van der Waals surface area contributed by atoms with Crippen LogP contribution in [0.4, 0.5) is 14.9 Å². The Morgan fingerprint density at radius 3 is 2.62 bits per heavy atom. The molecule has 0 saturated carbocycles. The predicted molar refractivity (Wildman–Crippen MR) is 79.6 cm³/mol. The van der Waals surface area contributed by atoms with Crippen molar-refractivity contribution in [1.82, 2.24) is 5.32 Å². The fourth-order valence-corrected chi connectivity index (χ4v) is 1.93. The molecular weight excluding hydrogens is 271 g/mol. The third kappa shape index (κ3) is 4.57. The van der Waals surface area contributed by atoms with Crippen molar-refractivity contribution < 1.29 is 13.9 Å². The molecule has 0 aliphatic carbocycles. The van der Waals surface area contributed by atoms with Gasteiger partial charge in [0.15, 0.2) is 0 Å². The van der Waals surface area contributed by atoms with Crippen LogP contribution >= 0.6 is 0 Å². The number of urea groups is 1. The Morgan fingerprint density at radius 2 is 1.95 bits per heavy atom. The molecule has 0 aliphatic heterocycles. The molecule has 2 aromatic carbocycles. The van der Waals surface area contributed by atoms with Gasteiger partial charge < -0.3 is 15.4 Å². The van der Waals surface area contributed by atoms with E-state index < -0.39 is 6.10 Å². The number of amides is 2. The minimum Gasteiger partial charge on any atom is -0.375 e. The smallest absolute Gasteiger partial charge is 0.319 e. The second-order valence-electron chi connectivity index (χ2n) is 4.48. The third-order valence-corrected chi connectivity index (χ3v) is 2.98. The molecule has 21 heavy (non-hydrogen) atoms. The van der Waals surface area contributed by atoms with Crippen LogP contribution in [0.2, 0.25) is 0 Å². The molecule has 1 unspecified atom stereocenters. The zero-order valence-corrected chi connectivity index (χ0v) is 11.7.